The van der Waals surface area contributed by atoms with E-state index in [1.807, 2.05) is 0 Å². The zero-order valence-electron chi connectivity index (χ0n) is 13.0. The van der Waals surface area contributed by atoms with E-state index in [0.29, 0.717) is 38.3 Å². The minimum Gasteiger partial charge on any atom is -0.450 e. The molecule has 0 radical (unpaired) electrons. The van der Waals surface area contributed by atoms with E-state index in [0.717, 1.165) is 0 Å². The summed E-state index contributed by atoms with van der Waals surface area (Å²) in [5.74, 6) is -0.346. The Balaban J connectivity index is 1.79. The summed E-state index contributed by atoms with van der Waals surface area (Å²) in [5, 5.41) is 2.60. The number of nitrogens with zero attached hydrogens (tertiary/aromatic N) is 2. The number of amides is 3. The number of hydrogen-bond donors (Lipinski definition) is 1. The molecule has 0 unspecified atom stereocenters. The van der Waals surface area contributed by atoms with E-state index in [1.165, 1.54) is 18.3 Å². The van der Waals surface area contributed by atoms with Crippen LogP contribution in [0.3, 0.4) is 0 Å². The number of rotatable bonds is 3. The van der Waals surface area contributed by atoms with Crippen LogP contribution in [-0.4, -0.2) is 54.7 Å². The Morgan fingerprint density at radius 2 is 1.87 bits per heavy atom. The van der Waals surface area contributed by atoms with Gasteiger partial charge in [0.1, 0.15) is 5.82 Å². The maximum absolute atomic E-state index is 13.4. The van der Waals surface area contributed by atoms with Crippen LogP contribution in [0, 0.1) is 5.82 Å². The SMILES string of the molecule is CCOC(=O)N1CCN(C(=O)N/C=C/c2ccccc2F)CC1. The monoisotopic (exact) mass is 321 g/mol. The lowest BCUT2D eigenvalue weighted by atomic mass is 10.2. The molecule has 0 saturated carbocycles. The Morgan fingerprint density at radius 1 is 1.22 bits per heavy atom. The average Bonchev–Trinajstić information content (AvgIpc) is 2.57. The van der Waals surface area contributed by atoms with Crippen molar-refractivity contribution in [1.29, 1.82) is 0 Å². The molecule has 0 bridgehead atoms. The molecule has 3 amide bonds. The summed E-state index contributed by atoms with van der Waals surface area (Å²) in [4.78, 5) is 26.8. The summed E-state index contributed by atoms with van der Waals surface area (Å²) in [6.07, 6.45) is 2.56. The first-order chi connectivity index (χ1) is 11.1. The van der Waals surface area contributed by atoms with Crippen molar-refractivity contribution in [3.8, 4) is 0 Å². The number of hydrogen-bond acceptors (Lipinski definition) is 3. The van der Waals surface area contributed by atoms with Crippen LogP contribution >= 0.6 is 0 Å². The molecule has 1 saturated heterocycles. The highest BCUT2D eigenvalue weighted by molar-refractivity contribution is 5.76. The summed E-state index contributed by atoms with van der Waals surface area (Å²) in [6.45, 7) is 3.81. The van der Waals surface area contributed by atoms with Gasteiger partial charge in [-0.1, -0.05) is 18.2 Å². The maximum Gasteiger partial charge on any atom is 0.409 e. The fourth-order valence-electron chi connectivity index (χ4n) is 2.21. The molecule has 6 nitrogen and oxygen atoms in total. The third-order valence-electron chi connectivity index (χ3n) is 3.47. The van der Waals surface area contributed by atoms with Crippen molar-refractivity contribution in [1.82, 2.24) is 15.1 Å². The Morgan fingerprint density at radius 3 is 2.52 bits per heavy atom. The molecule has 0 aliphatic carbocycles. The quantitative estimate of drug-likeness (QED) is 0.929. The van der Waals surface area contributed by atoms with Crippen LogP contribution in [0.15, 0.2) is 30.5 Å². The van der Waals surface area contributed by atoms with Crippen molar-refractivity contribution in [2.75, 3.05) is 32.8 Å². The largest absolute Gasteiger partial charge is 0.450 e. The van der Waals surface area contributed by atoms with Crippen LogP contribution in [0.2, 0.25) is 0 Å². The Labute approximate surface area is 134 Å². The number of benzene rings is 1. The number of nitrogens with one attached hydrogen (secondary N) is 1. The molecule has 1 aromatic carbocycles. The first-order valence-electron chi connectivity index (χ1n) is 7.50. The zero-order valence-corrected chi connectivity index (χ0v) is 13.0. The topological polar surface area (TPSA) is 61.9 Å². The van der Waals surface area contributed by atoms with E-state index in [-0.39, 0.29) is 17.9 Å². The third kappa shape index (κ3) is 4.70. The molecule has 7 heteroatoms. The Kier molecular flexibility index (Phi) is 5.96. The van der Waals surface area contributed by atoms with Crippen LogP contribution in [-0.2, 0) is 4.74 Å². The van der Waals surface area contributed by atoms with E-state index in [1.54, 1.807) is 34.9 Å². The molecular weight excluding hydrogens is 301 g/mol. The number of ether oxygens (including phenoxy) is 1. The molecule has 1 fully saturated rings. The van der Waals surface area contributed by atoms with Gasteiger partial charge in [0.25, 0.3) is 0 Å². The van der Waals surface area contributed by atoms with Gasteiger partial charge in [0.15, 0.2) is 0 Å². The summed E-state index contributed by atoms with van der Waals surface area (Å²) in [7, 11) is 0. The Bertz CT molecular complexity index is 584. The molecule has 1 aliphatic heterocycles. The predicted molar refractivity (Wildman–Crippen MR) is 84.1 cm³/mol. The molecule has 0 aromatic heterocycles. The molecule has 1 N–H and O–H groups in total. The van der Waals surface area contributed by atoms with Gasteiger partial charge in [-0.25, -0.2) is 14.0 Å². The zero-order chi connectivity index (χ0) is 16.7. The minimum absolute atomic E-state index is 0.277. The van der Waals surface area contributed by atoms with Crippen molar-refractivity contribution < 1.29 is 18.7 Å². The second-order valence-electron chi connectivity index (χ2n) is 4.98. The van der Waals surface area contributed by atoms with Gasteiger partial charge in [0.05, 0.1) is 6.61 Å². The fourth-order valence-corrected chi connectivity index (χ4v) is 2.21. The smallest absolute Gasteiger partial charge is 0.409 e. The number of halogens is 1. The summed E-state index contributed by atoms with van der Waals surface area (Å²) in [6, 6.07) is 6.03. The van der Waals surface area contributed by atoms with Crippen LogP contribution in [0.1, 0.15) is 12.5 Å². The highest BCUT2D eigenvalue weighted by Crippen LogP contribution is 2.08. The van der Waals surface area contributed by atoms with Crippen molar-refractivity contribution in [2.24, 2.45) is 0 Å². The van der Waals surface area contributed by atoms with Gasteiger partial charge in [0.2, 0.25) is 0 Å². The van der Waals surface area contributed by atoms with Gasteiger partial charge in [0, 0.05) is 37.9 Å². The fraction of sp³-hybridized carbons (Fsp3) is 0.375. The van der Waals surface area contributed by atoms with E-state index >= 15 is 0 Å². The number of carbonyl (C=O) groups is 2. The van der Waals surface area contributed by atoms with Gasteiger partial charge in [-0.05, 0) is 19.1 Å². The molecule has 2 rings (SSSR count). The van der Waals surface area contributed by atoms with Crippen LogP contribution in [0.5, 0.6) is 0 Å². The maximum atomic E-state index is 13.4. The van der Waals surface area contributed by atoms with E-state index in [4.69, 9.17) is 4.74 Å². The molecular formula is C16H20FN3O3. The normalized spacial score (nSPS) is 14.9. The van der Waals surface area contributed by atoms with E-state index < -0.39 is 0 Å². The minimum atomic E-state index is -0.355. The molecule has 0 atom stereocenters. The lowest BCUT2D eigenvalue weighted by molar-refractivity contribution is 0.0856. The van der Waals surface area contributed by atoms with Gasteiger partial charge in [-0.3, -0.25) is 0 Å². The lowest BCUT2D eigenvalue weighted by Gasteiger charge is -2.33. The summed E-state index contributed by atoms with van der Waals surface area (Å²) in [5.41, 5.74) is 0.403. The molecule has 1 aliphatic rings. The standard InChI is InChI=1S/C16H20FN3O3/c1-2-23-16(22)20-11-9-19(10-12-20)15(21)18-8-7-13-5-3-4-6-14(13)17/h3-8H,2,9-12H2,1H3,(H,18,21)/b8-7+. The third-order valence-corrected chi connectivity index (χ3v) is 3.47. The van der Waals surface area contributed by atoms with E-state index in [9.17, 15) is 14.0 Å². The van der Waals surface area contributed by atoms with Crippen molar-refractivity contribution in [3.05, 3.63) is 41.8 Å². The lowest BCUT2D eigenvalue weighted by Crippen LogP contribution is -2.52. The van der Waals surface area contributed by atoms with Gasteiger partial charge >= 0.3 is 12.1 Å². The van der Waals surface area contributed by atoms with Crippen molar-refractivity contribution in [3.63, 3.8) is 0 Å². The highest BCUT2D eigenvalue weighted by atomic mass is 19.1. The average molecular weight is 321 g/mol. The molecule has 0 spiro atoms. The second kappa shape index (κ2) is 8.17. The van der Waals surface area contributed by atoms with Crippen molar-refractivity contribution in [2.45, 2.75) is 6.92 Å². The van der Waals surface area contributed by atoms with E-state index in [2.05, 4.69) is 5.32 Å². The molecule has 23 heavy (non-hydrogen) atoms. The number of piperazine rings is 1. The van der Waals surface area contributed by atoms with Crippen LogP contribution < -0.4 is 5.32 Å². The van der Waals surface area contributed by atoms with Crippen LogP contribution in [0.4, 0.5) is 14.0 Å². The van der Waals surface area contributed by atoms with Gasteiger partial charge in [-0.2, -0.15) is 0 Å². The van der Waals surface area contributed by atoms with Gasteiger partial charge < -0.3 is 19.9 Å². The Hall–Kier alpha value is -2.57. The summed E-state index contributed by atoms with van der Waals surface area (Å²) >= 11 is 0. The molecule has 124 valence electrons. The second-order valence-corrected chi connectivity index (χ2v) is 4.98. The first kappa shape index (κ1) is 16.8. The molecule has 1 heterocycles. The van der Waals surface area contributed by atoms with Crippen molar-refractivity contribution >= 4 is 18.2 Å². The first-order valence-corrected chi connectivity index (χ1v) is 7.50. The highest BCUT2D eigenvalue weighted by Gasteiger charge is 2.24. The number of carbonyl (C=O) groups excluding carboxylic acids is 2. The van der Waals surface area contributed by atoms with Gasteiger partial charge in [-0.15, -0.1) is 0 Å². The van der Waals surface area contributed by atoms with Crippen LogP contribution in [0.25, 0.3) is 6.08 Å². The predicted octanol–water partition coefficient (Wildman–Crippen LogP) is 2.28. The number of urea groups is 1. The summed E-state index contributed by atoms with van der Waals surface area (Å²) < 4.78 is 18.3. The molecule has 1 aromatic rings.